The van der Waals surface area contributed by atoms with Crippen molar-refractivity contribution in [2.45, 2.75) is 64.8 Å². The maximum atomic E-state index is 3.75. The number of rotatable bonds is 7. The molecule has 0 saturated heterocycles. The fourth-order valence-electron chi connectivity index (χ4n) is 3.46. The summed E-state index contributed by atoms with van der Waals surface area (Å²) in [6.07, 6.45) is 10.2. The van der Waals surface area contributed by atoms with E-state index in [1.54, 1.807) is 0 Å². The van der Waals surface area contributed by atoms with E-state index in [2.05, 4.69) is 24.1 Å². The molecule has 2 nitrogen and oxygen atoms in total. The van der Waals surface area contributed by atoms with Gasteiger partial charge >= 0.3 is 0 Å². The Morgan fingerprint density at radius 2 is 1.72 bits per heavy atom. The Morgan fingerprint density at radius 3 is 2.39 bits per heavy atom. The lowest BCUT2D eigenvalue weighted by molar-refractivity contribution is 0.195. The first-order valence-corrected chi connectivity index (χ1v) is 8.29. The molecule has 2 atom stereocenters. The fourth-order valence-corrected chi connectivity index (χ4v) is 3.46. The smallest absolute Gasteiger partial charge is 0.0107 e. The minimum absolute atomic E-state index is 0.783. The summed E-state index contributed by atoms with van der Waals surface area (Å²) >= 11 is 0. The van der Waals surface area contributed by atoms with Gasteiger partial charge in [0.1, 0.15) is 0 Å². The summed E-state index contributed by atoms with van der Waals surface area (Å²) in [6, 6.07) is 0.783. The third-order valence-corrected chi connectivity index (χ3v) is 4.78. The molecule has 1 N–H and O–H groups in total. The summed E-state index contributed by atoms with van der Waals surface area (Å²) in [7, 11) is 0. The molecule has 0 amide bonds. The van der Waals surface area contributed by atoms with Crippen molar-refractivity contribution in [1.29, 1.82) is 0 Å². The number of hydrogen-bond donors (Lipinski definition) is 1. The van der Waals surface area contributed by atoms with Crippen LogP contribution >= 0.6 is 0 Å². The molecule has 0 radical (unpaired) electrons. The summed E-state index contributed by atoms with van der Waals surface area (Å²) in [6.45, 7) is 9.67. The Balaban J connectivity index is 1.84. The van der Waals surface area contributed by atoms with Crippen LogP contribution in [0.15, 0.2) is 0 Å². The third-order valence-electron chi connectivity index (χ3n) is 4.78. The molecule has 18 heavy (non-hydrogen) atoms. The standard InChI is InChI=1S/C16H32N2/c1-3-17-16-9-7-5-6-8-15(16)13-18(4-2)12-14-10-11-14/h14-17H,3-13H2,1-2H3. The Bertz CT molecular complexity index is 225. The fraction of sp³-hybridized carbons (Fsp3) is 1.00. The first-order chi connectivity index (χ1) is 8.83. The second-order valence-electron chi connectivity index (χ2n) is 6.36. The second-order valence-corrected chi connectivity index (χ2v) is 6.36. The van der Waals surface area contributed by atoms with Crippen molar-refractivity contribution in [1.82, 2.24) is 10.2 Å². The molecule has 2 heteroatoms. The summed E-state index contributed by atoms with van der Waals surface area (Å²) in [5.74, 6) is 1.93. The van der Waals surface area contributed by atoms with E-state index in [-0.39, 0.29) is 0 Å². The highest BCUT2D eigenvalue weighted by Gasteiger charge is 2.28. The monoisotopic (exact) mass is 252 g/mol. The highest BCUT2D eigenvalue weighted by Crippen LogP contribution is 2.31. The van der Waals surface area contributed by atoms with Gasteiger partial charge in [-0.15, -0.1) is 0 Å². The summed E-state index contributed by atoms with van der Waals surface area (Å²) in [5.41, 5.74) is 0. The maximum Gasteiger partial charge on any atom is 0.0107 e. The van der Waals surface area contributed by atoms with Gasteiger partial charge in [0.25, 0.3) is 0 Å². The van der Waals surface area contributed by atoms with Crippen LogP contribution in [0.4, 0.5) is 0 Å². The van der Waals surface area contributed by atoms with Crippen LogP contribution in [0.2, 0.25) is 0 Å². The third kappa shape index (κ3) is 4.55. The molecule has 2 fully saturated rings. The molecule has 0 aromatic rings. The van der Waals surface area contributed by atoms with Crippen LogP contribution in [0.3, 0.4) is 0 Å². The zero-order valence-corrected chi connectivity index (χ0v) is 12.5. The minimum atomic E-state index is 0.783. The predicted octanol–water partition coefficient (Wildman–Crippen LogP) is 3.28. The lowest BCUT2D eigenvalue weighted by Gasteiger charge is -2.31. The first-order valence-electron chi connectivity index (χ1n) is 8.29. The molecule has 0 bridgehead atoms. The van der Waals surface area contributed by atoms with Gasteiger partial charge < -0.3 is 10.2 Å². The van der Waals surface area contributed by atoms with Gasteiger partial charge in [0, 0.05) is 19.1 Å². The first kappa shape index (κ1) is 14.3. The van der Waals surface area contributed by atoms with Crippen molar-refractivity contribution in [2.75, 3.05) is 26.2 Å². The molecule has 0 aromatic heterocycles. The van der Waals surface area contributed by atoms with E-state index >= 15 is 0 Å². The normalized spacial score (nSPS) is 29.5. The molecule has 2 rings (SSSR count). The summed E-state index contributed by atoms with van der Waals surface area (Å²) in [5, 5.41) is 3.75. The number of nitrogens with one attached hydrogen (secondary N) is 1. The average Bonchev–Trinajstić information content (AvgIpc) is 3.19. The summed E-state index contributed by atoms with van der Waals surface area (Å²) < 4.78 is 0. The molecular formula is C16H32N2. The van der Waals surface area contributed by atoms with Crippen molar-refractivity contribution < 1.29 is 0 Å². The molecule has 2 aliphatic carbocycles. The van der Waals surface area contributed by atoms with E-state index in [1.165, 1.54) is 64.6 Å². The van der Waals surface area contributed by atoms with Crippen LogP contribution < -0.4 is 5.32 Å². The van der Waals surface area contributed by atoms with Crippen molar-refractivity contribution in [3.05, 3.63) is 0 Å². The minimum Gasteiger partial charge on any atom is -0.314 e. The van der Waals surface area contributed by atoms with Gasteiger partial charge in [-0.2, -0.15) is 0 Å². The molecule has 2 unspecified atom stereocenters. The summed E-state index contributed by atoms with van der Waals surface area (Å²) in [4.78, 5) is 2.72. The second kappa shape index (κ2) is 7.49. The van der Waals surface area contributed by atoms with Crippen molar-refractivity contribution in [3.8, 4) is 0 Å². The Labute approximate surface area is 114 Å². The number of hydrogen-bond acceptors (Lipinski definition) is 2. The highest BCUT2D eigenvalue weighted by molar-refractivity contribution is 4.84. The lowest BCUT2D eigenvalue weighted by Crippen LogP contribution is -2.42. The van der Waals surface area contributed by atoms with Gasteiger partial charge in [0.2, 0.25) is 0 Å². The van der Waals surface area contributed by atoms with Crippen LogP contribution in [0, 0.1) is 11.8 Å². The lowest BCUT2D eigenvalue weighted by atomic mass is 9.94. The van der Waals surface area contributed by atoms with Gasteiger partial charge in [0.05, 0.1) is 0 Å². The Hall–Kier alpha value is -0.0800. The zero-order chi connectivity index (χ0) is 12.8. The van der Waals surface area contributed by atoms with E-state index in [1.807, 2.05) is 0 Å². The molecule has 0 heterocycles. The van der Waals surface area contributed by atoms with Crippen LogP contribution in [0.25, 0.3) is 0 Å². The van der Waals surface area contributed by atoms with Gasteiger partial charge in [-0.25, -0.2) is 0 Å². The van der Waals surface area contributed by atoms with Gasteiger partial charge in [-0.1, -0.05) is 33.1 Å². The van der Waals surface area contributed by atoms with E-state index < -0.39 is 0 Å². The molecule has 2 aliphatic rings. The van der Waals surface area contributed by atoms with Gasteiger partial charge in [-0.3, -0.25) is 0 Å². The highest BCUT2D eigenvalue weighted by atomic mass is 15.1. The Kier molecular flexibility index (Phi) is 5.97. The van der Waals surface area contributed by atoms with Crippen LogP contribution in [0.1, 0.15) is 58.8 Å². The number of nitrogens with zero attached hydrogens (tertiary/aromatic N) is 1. The van der Waals surface area contributed by atoms with E-state index in [9.17, 15) is 0 Å². The van der Waals surface area contributed by atoms with Crippen molar-refractivity contribution in [2.24, 2.45) is 11.8 Å². The topological polar surface area (TPSA) is 15.3 Å². The molecule has 0 aromatic carbocycles. The Morgan fingerprint density at radius 1 is 0.944 bits per heavy atom. The van der Waals surface area contributed by atoms with Crippen LogP contribution in [-0.2, 0) is 0 Å². The molecule has 0 spiro atoms. The molecule has 2 saturated carbocycles. The van der Waals surface area contributed by atoms with E-state index in [4.69, 9.17) is 0 Å². The zero-order valence-electron chi connectivity index (χ0n) is 12.5. The van der Waals surface area contributed by atoms with E-state index in [0.29, 0.717) is 0 Å². The maximum absolute atomic E-state index is 3.75. The van der Waals surface area contributed by atoms with Crippen molar-refractivity contribution in [3.63, 3.8) is 0 Å². The molecule has 0 aliphatic heterocycles. The SMILES string of the molecule is CCNC1CCCCCC1CN(CC)CC1CC1. The quantitative estimate of drug-likeness (QED) is 0.700. The van der Waals surface area contributed by atoms with Crippen LogP contribution in [-0.4, -0.2) is 37.1 Å². The van der Waals surface area contributed by atoms with Gasteiger partial charge in [-0.05, 0) is 50.6 Å². The average molecular weight is 252 g/mol. The molecular weight excluding hydrogens is 220 g/mol. The van der Waals surface area contributed by atoms with Crippen LogP contribution in [0.5, 0.6) is 0 Å². The molecule has 106 valence electrons. The van der Waals surface area contributed by atoms with Gasteiger partial charge in [0.15, 0.2) is 0 Å². The predicted molar refractivity (Wildman–Crippen MR) is 78.9 cm³/mol. The van der Waals surface area contributed by atoms with E-state index in [0.717, 1.165) is 24.4 Å². The largest absolute Gasteiger partial charge is 0.314 e. The van der Waals surface area contributed by atoms with Crippen molar-refractivity contribution >= 4 is 0 Å².